The molecule has 2 aromatic carbocycles. The summed E-state index contributed by atoms with van der Waals surface area (Å²) >= 11 is 7.56. The van der Waals surface area contributed by atoms with Crippen molar-refractivity contribution >= 4 is 56.2 Å². The maximum absolute atomic E-state index is 12.1. The number of carbonyl (C=O) groups excluding carboxylic acids is 1. The van der Waals surface area contributed by atoms with Crippen molar-refractivity contribution in [2.24, 2.45) is 0 Å². The van der Waals surface area contributed by atoms with E-state index in [1.807, 2.05) is 73.8 Å². The van der Waals surface area contributed by atoms with Crippen LogP contribution in [0.15, 0.2) is 85.2 Å². The van der Waals surface area contributed by atoms with E-state index in [0.717, 1.165) is 32.4 Å². The van der Waals surface area contributed by atoms with Crippen LogP contribution >= 0.6 is 23.6 Å². The molecule has 6 rings (SSSR count). The lowest BCUT2D eigenvalue weighted by molar-refractivity contribution is -0.115. The SMILES string of the molecule is CCC(=O)Nc1ccc(N2C(=S)N[C@@H](c3ccccn3)[C@@H]2c2cccn2-c2nc3ccccc3s2)cc1OC. The largest absolute Gasteiger partial charge is 0.494 e. The molecule has 2 atom stereocenters. The minimum absolute atomic E-state index is 0.0823. The van der Waals surface area contributed by atoms with Crippen molar-refractivity contribution in [3.05, 3.63) is 96.6 Å². The summed E-state index contributed by atoms with van der Waals surface area (Å²) in [6.45, 7) is 1.81. The van der Waals surface area contributed by atoms with Crippen LogP contribution in [-0.2, 0) is 4.79 Å². The van der Waals surface area contributed by atoms with Crippen LogP contribution in [0.5, 0.6) is 5.75 Å². The lowest BCUT2D eigenvalue weighted by Gasteiger charge is -2.29. The van der Waals surface area contributed by atoms with Crippen LogP contribution < -0.4 is 20.3 Å². The molecule has 0 radical (unpaired) electrons. The number of carbonyl (C=O) groups is 1. The van der Waals surface area contributed by atoms with E-state index in [0.29, 0.717) is 23.0 Å². The number of para-hydroxylation sites is 1. The Labute approximate surface area is 235 Å². The number of anilines is 2. The van der Waals surface area contributed by atoms with Gasteiger partial charge in [0.2, 0.25) is 5.91 Å². The molecule has 0 bridgehead atoms. The van der Waals surface area contributed by atoms with Gasteiger partial charge in [0.1, 0.15) is 11.8 Å². The number of methoxy groups -OCH3 is 1. The number of aromatic nitrogens is 3. The van der Waals surface area contributed by atoms with E-state index >= 15 is 0 Å². The Balaban J connectivity index is 1.47. The Morgan fingerprint density at radius 1 is 1.13 bits per heavy atom. The molecule has 1 aliphatic rings. The van der Waals surface area contributed by atoms with Gasteiger partial charge in [-0.3, -0.25) is 14.3 Å². The molecular weight excluding hydrogens is 528 g/mol. The van der Waals surface area contributed by atoms with Gasteiger partial charge in [-0.25, -0.2) is 4.98 Å². The van der Waals surface area contributed by atoms with E-state index in [1.165, 1.54) is 0 Å². The molecular formula is C29H26N6O2S2. The van der Waals surface area contributed by atoms with Crippen molar-refractivity contribution in [1.29, 1.82) is 0 Å². The molecule has 3 aromatic heterocycles. The number of hydrogen-bond acceptors (Lipinski definition) is 6. The van der Waals surface area contributed by atoms with Gasteiger partial charge in [0.25, 0.3) is 0 Å². The molecule has 10 heteroatoms. The first-order chi connectivity index (χ1) is 19.1. The maximum atomic E-state index is 12.1. The first-order valence-electron chi connectivity index (χ1n) is 12.6. The summed E-state index contributed by atoms with van der Waals surface area (Å²) in [7, 11) is 1.59. The third-order valence-electron chi connectivity index (χ3n) is 6.73. The fourth-order valence-corrected chi connectivity index (χ4v) is 6.19. The van der Waals surface area contributed by atoms with Gasteiger partial charge in [0.05, 0.1) is 40.4 Å². The fraction of sp³-hybridized carbons (Fsp3) is 0.172. The summed E-state index contributed by atoms with van der Waals surface area (Å²) in [5.74, 6) is 0.472. The summed E-state index contributed by atoms with van der Waals surface area (Å²) in [5, 5.41) is 7.86. The number of fused-ring (bicyclic) bond motifs is 1. The first-order valence-corrected chi connectivity index (χ1v) is 13.8. The van der Waals surface area contributed by atoms with E-state index in [-0.39, 0.29) is 18.0 Å². The Morgan fingerprint density at radius 3 is 2.74 bits per heavy atom. The predicted molar refractivity (Wildman–Crippen MR) is 159 cm³/mol. The average Bonchev–Trinajstić information content (AvgIpc) is 3.70. The molecule has 0 aliphatic carbocycles. The van der Waals surface area contributed by atoms with Crippen molar-refractivity contribution in [3.63, 3.8) is 0 Å². The van der Waals surface area contributed by atoms with E-state index in [4.69, 9.17) is 21.9 Å². The lowest BCUT2D eigenvalue weighted by Crippen LogP contribution is -2.30. The number of benzene rings is 2. The number of amides is 1. The minimum Gasteiger partial charge on any atom is -0.494 e. The van der Waals surface area contributed by atoms with Crippen LogP contribution in [0, 0.1) is 0 Å². The quantitative estimate of drug-likeness (QED) is 0.238. The number of pyridine rings is 1. The normalized spacial score (nSPS) is 16.9. The van der Waals surface area contributed by atoms with Gasteiger partial charge in [0.15, 0.2) is 10.2 Å². The zero-order chi connectivity index (χ0) is 26.9. The third-order valence-corrected chi connectivity index (χ3v) is 8.08. The highest BCUT2D eigenvalue weighted by Crippen LogP contribution is 2.44. The second-order valence-corrected chi connectivity index (χ2v) is 10.4. The van der Waals surface area contributed by atoms with E-state index < -0.39 is 0 Å². The second-order valence-electron chi connectivity index (χ2n) is 9.05. The zero-order valence-electron chi connectivity index (χ0n) is 21.4. The fourth-order valence-electron chi connectivity index (χ4n) is 4.88. The van der Waals surface area contributed by atoms with Gasteiger partial charge in [-0.1, -0.05) is 36.5 Å². The Morgan fingerprint density at radius 2 is 1.97 bits per heavy atom. The Bertz CT molecular complexity index is 1630. The van der Waals surface area contributed by atoms with Crippen LogP contribution in [0.2, 0.25) is 0 Å². The van der Waals surface area contributed by atoms with Crippen LogP contribution in [0.4, 0.5) is 11.4 Å². The van der Waals surface area contributed by atoms with Crippen LogP contribution in [-0.4, -0.2) is 32.7 Å². The molecule has 39 heavy (non-hydrogen) atoms. The molecule has 2 N–H and O–H groups in total. The van der Waals surface area contributed by atoms with Crippen molar-refractivity contribution in [1.82, 2.24) is 19.9 Å². The maximum Gasteiger partial charge on any atom is 0.224 e. The summed E-state index contributed by atoms with van der Waals surface area (Å²) in [4.78, 5) is 23.7. The Kier molecular flexibility index (Phi) is 6.72. The first kappa shape index (κ1) is 25.0. The van der Waals surface area contributed by atoms with Crippen molar-refractivity contribution in [2.45, 2.75) is 25.4 Å². The van der Waals surface area contributed by atoms with Gasteiger partial charge in [-0.15, -0.1) is 0 Å². The van der Waals surface area contributed by atoms with E-state index in [1.54, 1.807) is 24.6 Å². The second kappa shape index (κ2) is 10.5. The number of thiazole rings is 1. The summed E-state index contributed by atoms with van der Waals surface area (Å²) < 4.78 is 8.91. The zero-order valence-corrected chi connectivity index (χ0v) is 23.0. The van der Waals surface area contributed by atoms with Gasteiger partial charge >= 0.3 is 0 Å². The lowest BCUT2D eigenvalue weighted by atomic mass is 10.0. The van der Waals surface area contributed by atoms with Gasteiger partial charge in [-0.2, -0.15) is 0 Å². The summed E-state index contributed by atoms with van der Waals surface area (Å²) in [5.41, 5.74) is 4.30. The molecule has 1 aliphatic heterocycles. The molecule has 0 saturated carbocycles. The summed E-state index contributed by atoms with van der Waals surface area (Å²) in [6.07, 6.45) is 4.20. The van der Waals surface area contributed by atoms with E-state index in [2.05, 4.69) is 37.2 Å². The van der Waals surface area contributed by atoms with E-state index in [9.17, 15) is 4.79 Å². The van der Waals surface area contributed by atoms with Gasteiger partial charge in [0, 0.05) is 30.6 Å². The van der Waals surface area contributed by atoms with Crippen molar-refractivity contribution in [3.8, 4) is 10.9 Å². The number of ether oxygens (including phenoxy) is 1. The molecule has 1 saturated heterocycles. The molecule has 1 fully saturated rings. The molecule has 0 spiro atoms. The number of rotatable bonds is 7. The Hall–Kier alpha value is -4.28. The minimum atomic E-state index is -0.241. The van der Waals surface area contributed by atoms with Crippen LogP contribution in [0.1, 0.15) is 36.8 Å². The van der Waals surface area contributed by atoms with Crippen LogP contribution in [0.3, 0.4) is 0 Å². The highest BCUT2D eigenvalue weighted by atomic mass is 32.1. The smallest absolute Gasteiger partial charge is 0.224 e. The highest BCUT2D eigenvalue weighted by Gasteiger charge is 2.42. The molecule has 8 nitrogen and oxygen atoms in total. The van der Waals surface area contributed by atoms with Crippen LogP contribution in [0.25, 0.3) is 15.3 Å². The monoisotopic (exact) mass is 554 g/mol. The number of hydrogen-bond donors (Lipinski definition) is 2. The van der Waals surface area contributed by atoms with Gasteiger partial charge < -0.3 is 20.3 Å². The predicted octanol–water partition coefficient (Wildman–Crippen LogP) is 6.02. The standard InChI is InChI=1S/C29H26N6O2S2/c1-3-25(36)31-19-14-13-18(17-23(19)37-2)35-27(26(33-28(35)38)21-10-6-7-15-30-21)22-11-8-16-34(22)29-32-20-9-4-5-12-24(20)39-29/h4-17,26-27H,3H2,1-2H3,(H,31,36)(H,33,38)/t26-,27-/m0/s1. The molecule has 4 heterocycles. The summed E-state index contributed by atoms with van der Waals surface area (Å²) in [6, 6.07) is 23.4. The number of nitrogens with one attached hydrogen (secondary N) is 2. The topological polar surface area (TPSA) is 84.3 Å². The van der Waals surface area contributed by atoms with Gasteiger partial charge in [-0.05, 0) is 60.7 Å². The third kappa shape index (κ3) is 4.62. The van der Waals surface area contributed by atoms with Crippen molar-refractivity contribution in [2.75, 3.05) is 17.3 Å². The molecule has 196 valence electrons. The number of thiocarbonyl (C=S) groups is 1. The highest BCUT2D eigenvalue weighted by molar-refractivity contribution is 7.80. The number of nitrogens with zero attached hydrogens (tertiary/aromatic N) is 4. The van der Waals surface area contributed by atoms with Crippen molar-refractivity contribution < 1.29 is 9.53 Å². The molecule has 1 amide bonds. The average molecular weight is 555 g/mol. The molecule has 5 aromatic rings. The molecule has 0 unspecified atom stereocenters.